The number of hydrogen-bond acceptors (Lipinski definition) is 1. The van der Waals surface area contributed by atoms with Crippen LogP contribution >= 0.6 is 0 Å². The molecule has 0 aromatic carbocycles. The van der Waals surface area contributed by atoms with Crippen LogP contribution in [0.15, 0.2) is 0 Å². The van der Waals surface area contributed by atoms with Crippen molar-refractivity contribution >= 4 is 0 Å². The number of rotatable bonds is 1. The largest absolute Gasteiger partial charge is 0.463 e. The van der Waals surface area contributed by atoms with E-state index in [2.05, 4.69) is 14.0 Å². The van der Waals surface area contributed by atoms with Gasteiger partial charge in [0.15, 0.2) is 0 Å². The fourth-order valence-electron chi connectivity index (χ4n) is 1.39. The average Bonchev–Trinajstić information content (AvgIpc) is 2.15. The summed E-state index contributed by atoms with van der Waals surface area (Å²) in [4.78, 5) is 1.35. The lowest BCUT2D eigenvalue weighted by molar-refractivity contribution is -0.866. The Morgan fingerprint density at radius 1 is 1.67 bits per heavy atom. The second-order valence-electron chi connectivity index (χ2n) is 2.76. The molecule has 1 heterocycles. The van der Waals surface area contributed by atoms with E-state index in [9.17, 15) is 0 Å². The Morgan fingerprint density at radius 3 is 2.56 bits per heavy atom. The first-order chi connectivity index (χ1) is 4.25. The molecule has 1 aliphatic heterocycles. The van der Waals surface area contributed by atoms with Crippen LogP contribution in [0.5, 0.6) is 0 Å². The Morgan fingerprint density at radius 2 is 2.33 bits per heavy atom. The van der Waals surface area contributed by atoms with Crippen molar-refractivity contribution in [2.24, 2.45) is 0 Å². The SMILES string of the molecule is [CH2-][NH+]1CC[C@@H](OC)[C@@H]1C. The molecule has 0 spiro atoms. The summed E-state index contributed by atoms with van der Waals surface area (Å²) in [5.41, 5.74) is 0. The van der Waals surface area contributed by atoms with Crippen LogP contribution in [0.25, 0.3) is 0 Å². The highest BCUT2D eigenvalue weighted by atomic mass is 16.5. The highest BCUT2D eigenvalue weighted by Crippen LogP contribution is 2.04. The quantitative estimate of drug-likeness (QED) is 0.470. The van der Waals surface area contributed by atoms with E-state index in [0.717, 1.165) is 13.0 Å². The molecule has 1 rings (SSSR count). The molecule has 1 saturated heterocycles. The van der Waals surface area contributed by atoms with E-state index in [-0.39, 0.29) is 0 Å². The molecule has 1 N–H and O–H groups in total. The summed E-state index contributed by atoms with van der Waals surface area (Å²) in [5, 5.41) is 0. The molecule has 2 heteroatoms. The summed E-state index contributed by atoms with van der Waals surface area (Å²) in [7, 11) is 5.73. The van der Waals surface area contributed by atoms with Gasteiger partial charge in [0.05, 0.1) is 12.6 Å². The molecule has 0 saturated carbocycles. The predicted molar refractivity (Wildman–Crippen MR) is 36.1 cm³/mol. The van der Waals surface area contributed by atoms with Crippen molar-refractivity contribution in [1.29, 1.82) is 0 Å². The second kappa shape index (κ2) is 2.67. The topological polar surface area (TPSA) is 13.7 Å². The molecule has 1 aliphatic rings. The van der Waals surface area contributed by atoms with Gasteiger partial charge in [-0.05, 0) is 6.92 Å². The Balaban J connectivity index is 2.41. The molecule has 54 valence electrons. The third-order valence-corrected chi connectivity index (χ3v) is 2.25. The van der Waals surface area contributed by atoms with Crippen LogP contribution in [0.1, 0.15) is 13.3 Å². The molecule has 1 fully saturated rings. The summed E-state index contributed by atoms with van der Waals surface area (Å²) < 4.78 is 5.23. The molecular weight excluding hydrogens is 114 g/mol. The van der Waals surface area contributed by atoms with Crippen molar-refractivity contribution in [3.05, 3.63) is 7.05 Å². The lowest BCUT2D eigenvalue weighted by atomic mass is 10.2. The van der Waals surface area contributed by atoms with Gasteiger partial charge in [-0.1, -0.05) is 0 Å². The predicted octanol–water partition coefficient (Wildman–Crippen LogP) is -0.530. The van der Waals surface area contributed by atoms with Gasteiger partial charge in [-0.25, -0.2) is 0 Å². The molecule has 0 aliphatic carbocycles. The fourth-order valence-corrected chi connectivity index (χ4v) is 1.39. The van der Waals surface area contributed by atoms with Gasteiger partial charge in [0, 0.05) is 13.5 Å². The van der Waals surface area contributed by atoms with Crippen LogP contribution in [0.4, 0.5) is 0 Å². The summed E-state index contributed by atoms with van der Waals surface area (Å²) in [6.45, 7) is 3.34. The zero-order valence-electron chi connectivity index (χ0n) is 6.18. The van der Waals surface area contributed by atoms with Crippen LogP contribution in [-0.2, 0) is 4.74 Å². The van der Waals surface area contributed by atoms with E-state index in [0.29, 0.717) is 12.1 Å². The minimum Gasteiger partial charge on any atom is -0.463 e. The van der Waals surface area contributed by atoms with Crippen LogP contribution < -0.4 is 4.90 Å². The number of likely N-dealkylation sites (tertiary alicyclic amines) is 1. The van der Waals surface area contributed by atoms with Crippen molar-refractivity contribution in [2.45, 2.75) is 25.5 Å². The maximum Gasteiger partial charge on any atom is 0.112 e. The Bertz CT molecular complexity index is 94.9. The van der Waals surface area contributed by atoms with Crippen molar-refractivity contribution in [2.75, 3.05) is 13.7 Å². The molecule has 0 aromatic rings. The maximum atomic E-state index is 5.23. The van der Waals surface area contributed by atoms with Gasteiger partial charge in [-0.3, -0.25) is 0 Å². The molecule has 3 atom stereocenters. The van der Waals surface area contributed by atoms with E-state index in [4.69, 9.17) is 4.74 Å². The molecular formula is C7H15NO. The van der Waals surface area contributed by atoms with Crippen molar-refractivity contribution in [1.82, 2.24) is 0 Å². The Labute approximate surface area is 56.8 Å². The first-order valence-corrected chi connectivity index (χ1v) is 3.46. The minimum atomic E-state index is 0.442. The van der Waals surface area contributed by atoms with Crippen LogP contribution in [0.2, 0.25) is 0 Å². The molecule has 9 heavy (non-hydrogen) atoms. The third-order valence-electron chi connectivity index (χ3n) is 2.25. The van der Waals surface area contributed by atoms with Crippen LogP contribution in [0.3, 0.4) is 0 Å². The summed E-state index contributed by atoms with van der Waals surface area (Å²) in [6.07, 6.45) is 1.61. The monoisotopic (exact) mass is 129 g/mol. The Hall–Kier alpha value is -0.0800. The summed E-state index contributed by atoms with van der Waals surface area (Å²) in [5.74, 6) is 0. The van der Waals surface area contributed by atoms with Crippen LogP contribution in [-0.4, -0.2) is 25.8 Å². The smallest absolute Gasteiger partial charge is 0.112 e. The van der Waals surface area contributed by atoms with Crippen molar-refractivity contribution in [3.63, 3.8) is 0 Å². The van der Waals surface area contributed by atoms with Gasteiger partial charge in [-0.15, -0.1) is 0 Å². The van der Waals surface area contributed by atoms with Crippen LogP contribution in [0, 0.1) is 7.05 Å². The van der Waals surface area contributed by atoms with E-state index < -0.39 is 0 Å². The van der Waals surface area contributed by atoms with Gasteiger partial charge >= 0.3 is 0 Å². The van der Waals surface area contributed by atoms with E-state index in [1.165, 1.54) is 4.90 Å². The number of ether oxygens (including phenoxy) is 1. The molecule has 1 unspecified atom stereocenters. The molecule has 0 amide bonds. The standard InChI is InChI=1S/C7H15NO/c1-6-7(9-3)4-5-8(6)2/h6-8H,2,4-5H2,1,3H3/t6-,7+/m0/s1. The fraction of sp³-hybridized carbons (Fsp3) is 0.857. The first kappa shape index (κ1) is 7.03. The number of quaternary nitrogens is 1. The normalized spacial score (nSPS) is 43.7. The third kappa shape index (κ3) is 1.25. The van der Waals surface area contributed by atoms with Gasteiger partial charge < -0.3 is 9.64 Å². The molecule has 2 nitrogen and oxygen atoms in total. The molecule has 0 radical (unpaired) electrons. The summed E-state index contributed by atoms with van der Waals surface area (Å²) >= 11 is 0. The lowest BCUT2D eigenvalue weighted by Crippen LogP contribution is -3.08. The van der Waals surface area contributed by atoms with E-state index in [1.54, 1.807) is 7.11 Å². The van der Waals surface area contributed by atoms with Crippen molar-refractivity contribution < 1.29 is 9.64 Å². The number of methoxy groups -OCH3 is 1. The molecule has 0 bridgehead atoms. The van der Waals surface area contributed by atoms with Crippen molar-refractivity contribution in [3.8, 4) is 0 Å². The zero-order chi connectivity index (χ0) is 6.85. The second-order valence-corrected chi connectivity index (χ2v) is 2.76. The van der Waals surface area contributed by atoms with Gasteiger partial charge in [0.25, 0.3) is 0 Å². The van der Waals surface area contributed by atoms with Gasteiger partial charge in [0.2, 0.25) is 0 Å². The van der Waals surface area contributed by atoms with Gasteiger partial charge in [-0.2, -0.15) is 7.05 Å². The maximum absolute atomic E-state index is 5.23. The van der Waals surface area contributed by atoms with Gasteiger partial charge in [0.1, 0.15) is 6.10 Å². The Kier molecular flexibility index (Phi) is 2.09. The first-order valence-electron chi connectivity index (χ1n) is 3.46. The average molecular weight is 129 g/mol. The highest BCUT2D eigenvalue weighted by Gasteiger charge is 2.28. The summed E-state index contributed by atoms with van der Waals surface area (Å²) in [6, 6.07) is 0.579. The minimum absolute atomic E-state index is 0.442. The van der Waals surface area contributed by atoms with E-state index in [1.807, 2.05) is 0 Å². The molecule has 0 aromatic heterocycles. The number of hydrogen-bond donors (Lipinski definition) is 1. The number of nitrogens with one attached hydrogen (secondary N) is 1. The van der Waals surface area contributed by atoms with E-state index >= 15 is 0 Å². The highest BCUT2D eigenvalue weighted by molar-refractivity contribution is 4.69. The zero-order valence-corrected chi connectivity index (χ0v) is 6.18. The lowest BCUT2D eigenvalue weighted by Gasteiger charge is -2.21.